The lowest BCUT2D eigenvalue weighted by atomic mass is 10.2. The number of nitrogens with one attached hydrogen (secondary N) is 2. The number of pyridine rings is 1. The number of hydrogen-bond acceptors (Lipinski definition) is 3. The summed E-state index contributed by atoms with van der Waals surface area (Å²) < 4.78 is 0. The van der Waals surface area contributed by atoms with Crippen LogP contribution in [0.3, 0.4) is 0 Å². The first-order valence-corrected chi connectivity index (χ1v) is 5.65. The number of aromatic carboxylic acids is 1. The largest absolute Gasteiger partial charge is 0.478 e. The van der Waals surface area contributed by atoms with Gasteiger partial charge in [-0.15, -0.1) is 0 Å². The van der Waals surface area contributed by atoms with Crippen molar-refractivity contribution in [2.75, 3.05) is 5.32 Å². The molecule has 3 N–H and O–H groups in total. The molecule has 0 spiro atoms. The summed E-state index contributed by atoms with van der Waals surface area (Å²) >= 11 is 0. The van der Waals surface area contributed by atoms with Gasteiger partial charge in [-0.2, -0.15) is 0 Å². The number of aromatic nitrogens is 2. The Kier molecular flexibility index (Phi) is 3.33. The molecule has 2 aromatic rings. The van der Waals surface area contributed by atoms with E-state index in [9.17, 15) is 9.59 Å². The van der Waals surface area contributed by atoms with Crippen LogP contribution in [0, 0.1) is 13.8 Å². The molecule has 0 saturated heterocycles. The van der Waals surface area contributed by atoms with E-state index in [1.165, 1.54) is 12.4 Å². The summed E-state index contributed by atoms with van der Waals surface area (Å²) in [7, 11) is 0. The molecule has 0 aliphatic heterocycles. The van der Waals surface area contributed by atoms with Crippen LogP contribution in [0.4, 0.5) is 5.69 Å². The van der Waals surface area contributed by atoms with E-state index in [4.69, 9.17) is 5.11 Å². The van der Waals surface area contributed by atoms with E-state index in [-0.39, 0.29) is 16.9 Å². The highest BCUT2D eigenvalue weighted by molar-refractivity contribution is 6.07. The van der Waals surface area contributed by atoms with Crippen LogP contribution in [0.5, 0.6) is 0 Å². The molecule has 0 unspecified atom stereocenters. The van der Waals surface area contributed by atoms with Crippen molar-refractivity contribution >= 4 is 17.6 Å². The molecular formula is C13H13N3O3. The molecular weight excluding hydrogens is 246 g/mol. The summed E-state index contributed by atoms with van der Waals surface area (Å²) in [6.45, 7) is 3.40. The Morgan fingerprint density at radius 1 is 1.37 bits per heavy atom. The van der Waals surface area contributed by atoms with Crippen LogP contribution >= 0.6 is 0 Å². The van der Waals surface area contributed by atoms with Gasteiger partial charge in [0.15, 0.2) is 0 Å². The molecule has 98 valence electrons. The van der Waals surface area contributed by atoms with Crippen LogP contribution in [0.2, 0.25) is 0 Å². The Morgan fingerprint density at radius 3 is 2.74 bits per heavy atom. The van der Waals surface area contributed by atoms with Gasteiger partial charge in [-0.25, -0.2) is 4.79 Å². The minimum atomic E-state index is -1.09. The van der Waals surface area contributed by atoms with Crippen molar-refractivity contribution < 1.29 is 14.7 Å². The van der Waals surface area contributed by atoms with Crippen molar-refractivity contribution in [1.82, 2.24) is 9.97 Å². The number of nitrogens with zero attached hydrogens (tertiary/aromatic N) is 1. The Balaban J connectivity index is 2.30. The summed E-state index contributed by atoms with van der Waals surface area (Å²) in [4.78, 5) is 29.9. The van der Waals surface area contributed by atoms with Crippen molar-refractivity contribution in [2.24, 2.45) is 0 Å². The first-order valence-electron chi connectivity index (χ1n) is 5.65. The Hall–Kier alpha value is -2.63. The highest BCUT2D eigenvalue weighted by Crippen LogP contribution is 2.20. The van der Waals surface area contributed by atoms with Crippen LogP contribution in [0.1, 0.15) is 32.1 Å². The third-order valence-electron chi connectivity index (χ3n) is 2.76. The van der Waals surface area contributed by atoms with Crippen LogP contribution < -0.4 is 5.32 Å². The van der Waals surface area contributed by atoms with Gasteiger partial charge in [-0.3, -0.25) is 9.78 Å². The molecule has 2 heterocycles. The number of aromatic amines is 1. The summed E-state index contributed by atoms with van der Waals surface area (Å²) in [6, 6.07) is 3.50. The SMILES string of the molecule is Cc1cccnc1C(=O)Nc1c[nH]c(C)c1C(=O)O. The number of amides is 1. The molecule has 0 fully saturated rings. The predicted octanol–water partition coefficient (Wildman–Crippen LogP) is 1.98. The molecule has 6 nitrogen and oxygen atoms in total. The van der Waals surface area contributed by atoms with Crippen LogP contribution in [-0.4, -0.2) is 27.0 Å². The van der Waals surface area contributed by atoms with E-state index < -0.39 is 11.9 Å². The molecule has 2 aromatic heterocycles. The van der Waals surface area contributed by atoms with Crippen LogP contribution in [-0.2, 0) is 0 Å². The number of aryl methyl sites for hydroxylation is 2. The quantitative estimate of drug-likeness (QED) is 0.785. The number of anilines is 1. The second-order valence-corrected chi connectivity index (χ2v) is 4.13. The zero-order chi connectivity index (χ0) is 14.0. The maximum absolute atomic E-state index is 12.0. The molecule has 0 saturated carbocycles. The van der Waals surface area contributed by atoms with Gasteiger partial charge in [0.1, 0.15) is 11.3 Å². The highest BCUT2D eigenvalue weighted by atomic mass is 16.4. The van der Waals surface area contributed by atoms with Crippen molar-refractivity contribution in [3.8, 4) is 0 Å². The van der Waals surface area contributed by atoms with Gasteiger partial charge in [-0.05, 0) is 25.5 Å². The van der Waals surface area contributed by atoms with Gasteiger partial charge in [0, 0.05) is 18.1 Å². The molecule has 0 aromatic carbocycles. The second kappa shape index (κ2) is 4.93. The smallest absolute Gasteiger partial charge is 0.339 e. The zero-order valence-electron chi connectivity index (χ0n) is 10.5. The molecule has 0 radical (unpaired) electrons. The molecule has 0 aliphatic rings. The predicted molar refractivity (Wildman–Crippen MR) is 69.4 cm³/mol. The first-order chi connectivity index (χ1) is 9.00. The van der Waals surface area contributed by atoms with Crippen molar-refractivity contribution in [3.05, 3.63) is 47.0 Å². The van der Waals surface area contributed by atoms with E-state index >= 15 is 0 Å². The molecule has 2 rings (SSSR count). The Morgan fingerprint density at radius 2 is 2.11 bits per heavy atom. The number of carboxylic acids is 1. The fraction of sp³-hybridized carbons (Fsp3) is 0.154. The lowest BCUT2D eigenvalue weighted by molar-refractivity contribution is 0.0697. The summed E-state index contributed by atoms with van der Waals surface area (Å²) in [5, 5.41) is 11.6. The van der Waals surface area contributed by atoms with Crippen molar-refractivity contribution in [3.63, 3.8) is 0 Å². The number of carboxylic acid groups (broad SMARTS) is 1. The maximum atomic E-state index is 12.0. The molecule has 0 atom stereocenters. The third-order valence-corrected chi connectivity index (χ3v) is 2.76. The summed E-state index contributed by atoms with van der Waals surface area (Å²) in [5.74, 6) is -1.52. The minimum absolute atomic E-state index is 0.0573. The average molecular weight is 259 g/mol. The van der Waals surface area contributed by atoms with Gasteiger partial charge in [0.25, 0.3) is 5.91 Å². The van der Waals surface area contributed by atoms with E-state index in [0.717, 1.165) is 5.56 Å². The molecule has 0 bridgehead atoms. The number of carbonyl (C=O) groups is 2. The fourth-order valence-electron chi connectivity index (χ4n) is 1.81. The Bertz CT molecular complexity index is 646. The van der Waals surface area contributed by atoms with Gasteiger partial charge in [0.05, 0.1) is 5.69 Å². The lowest BCUT2D eigenvalue weighted by Crippen LogP contribution is -2.16. The van der Waals surface area contributed by atoms with Crippen molar-refractivity contribution in [1.29, 1.82) is 0 Å². The van der Waals surface area contributed by atoms with E-state index in [0.29, 0.717) is 5.69 Å². The van der Waals surface area contributed by atoms with Crippen molar-refractivity contribution in [2.45, 2.75) is 13.8 Å². The highest BCUT2D eigenvalue weighted by Gasteiger charge is 2.18. The number of hydrogen-bond donors (Lipinski definition) is 3. The van der Waals surface area contributed by atoms with Gasteiger partial charge < -0.3 is 15.4 Å². The summed E-state index contributed by atoms with van der Waals surface area (Å²) in [6.07, 6.45) is 2.97. The van der Waals surface area contributed by atoms with Gasteiger partial charge >= 0.3 is 5.97 Å². The topological polar surface area (TPSA) is 95.1 Å². The maximum Gasteiger partial charge on any atom is 0.339 e. The number of rotatable bonds is 3. The molecule has 1 amide bonds. The lowest BCUT2D eigenvalue weighted by Gasteiger charge is -2.06. The second-order valence-electron chi connectivity index (χ2n) is 4.13. The standard InChI is InChI=1S/C13H13N3O3/c1-7-4-3-5-14-11(7)12(17)16-9-6-15-8(2)10(9)13(18)19/h3-6,15H,1-2H3,(H,16,17)(H,18,19). The molecule has 19 heavy (non-hydrogen) atoms. The summed E-state index contributed by atoms with van der Waals surface area (Å²) in [5.41, 5.74) is 1.78. The number of carbonyl (C=O) groups excluding carboxylic acids is 1. The monoisotopic (exact) mass is 259 g/mol. The third kappa shape index (κ3) is 2.47. The van der Waals surface area contributed by atoms with E-state index in [1.54, 1.807) is 26.0 Å². The molecule has 6 heteroatoms. The van der Waals surface area contributed by atoms with Gasteiger partial charge in [0.2, 0.25) is 0 Å². The normalized spacial score (nSPS) is 10.2. The van der Waals surface area contributed by atoms with E-state index in [2.05, 4.69) is 15.3 Å². The number of H-pyrrole nitrogens is 1. The molecule has 0 aliphatic carbocycles. The zero-order valence-corrected chi connectivity index (χ0v) is 10.5. The Labute approximate surface area is 109 Å². The van der Waals surface area contributed by atoms with E-state index in [1.807, 2.05) is 0 Å². The van der Waals surface area contributed by atoms with Crippen LogP contribution in [0.25, 0.3) is 0 Å². The van der Waals surface area contributed by atoms with Crippen LogP contribution in [0.15, 0.2) is 24.5 Å². The average Bonchev–Trinajstić information content (AvgIpc) is 2.70. The first kappa shape index (κ1) is 12.8. The van der Waals surface area contributed by atoms with Gasteiger partial charge in [-0.1, -0.05) is 6.07 Å². The minimum Gasteiger partial charge on any atom is -0.478 e. The fourth-order valence-corrected chi connectivity index (χ4v) is 1.81.